The van der Waals surface area contributed by atoms with Crippen molar-refractivity contribution < 1.29 is 5.11 Å². The Morgan fingerprint density at radius 3 is 2.83 bits per heavy atom. The van der Waals surface area contributed by atoms with E-state index in [1.807, 2.05) is 13.0 Å². The molecule has 0 radical (unpaired) electrons. The fraction of sp³-hybridized carbons (Fsp3) is 0.500. The van der Waals surface area contributed by atoms with Gasteiger partial charge in [-0.2, -0.15) is 4.98 Å². The molecule has 0 saturated heterocycles. The molecule has 0 fully saturated rings. The Morgan fingerprint density at radius 1 is 1.56 bits per heavy atom. The molecule has 3 N–H and O–H groups in total. The number of nitrogens with one attached hydrogen (secondary N) is 2. The fourth-order valence-corrected chi connectivity index (χ4v) is 1.49. The van der Waals surface area contributed by atoms with Crippen LogP contribution in [0.25, 0.3) is 0 Å². The number of hydrogen-bond donors (Lipinski definition) is 3. The van der Waals surface area contributed by atoms with Crippen molar-refractivity contribution in [2.24, 2.45) is 5.92 Å². The molecule has 2 unspecified atom stereocenters. The van der Waals surface area contributed by atoms with Crippen LogP contribution in [0.4, 0.5) is 11.8 Å². The van der Waals surface area contributed by atoms with Gasteiger partial charge in [0.25, 0.3) is 0 Å². The molecule has 1 aromatic heterocycles. The molecule has 1 aromatic rings. The zero-order chi connectivity index (χ0) is 13.5. The number of aromatic nitrogens is 2. The van der Waals surface area contributed by atoms with Gasteiger partial charge in [-0.1, -0.05) is 13.0 Å². The molecule has 0 spiro atoms. The second-order valence-electron chi connectivity index (χ2n) is 4.02. The lowest BCUT2D eigenvalue weighted by Gasteiger charge is -2.30. The van der Waals surface area contributed by atoms with Gasteiger partial charge in [-0.15, -0.1) is 6.58 Å². The van der Waals surface area contributed by atoms with Crippen LogP contribution in [0.15, 0.2) is 24.9 Å². The van der Waals surface area contributed by atoms with Crippen LogP contribution >= 0.6 is 0 Å². The van der Waals surface area contributed by atoms with E-state index in [4.69, 9.17) is 0 Å². The zero-order valence-corrected chi connectivity index (χ0v) is 11.1. The minimum absolute atomic E-state index is 0.237. The normalized spacial score (nSPS) is 13.8. The first-order valence-corrected chi connectivity index (χ1v) is 5.87. The van der Waals surface area contributed by atoms with Crippen LogP contribution in [0.1, 0.15) is 6.92 Å². The quantitative estimate of drug-likeness (QED) is 0.488. The molecule has 0 aromatic carbocycles. The molecule has 1 heterocycles. The summed E-state index contributed by atoms with van der Waals surface area (Å²) in [5.74, 6) is 1.41. The molecule has 0 aliphatic carbocycles. The van der Waals surface area contributed by atoms with Gasteiger partial charge in [0.2, 0.25) is 5.95 Å². The maximum Gasteiger partial charge on any atom is 0.224 e. The number of aliphatic hydroxyl groups is 1. The van der Waals surface area contributed by atoms with Crippen LogP contribution in [-0.4, -0.2) is 42.1 Å². The van der Waals surface area contributed by atoms with Gasteiger partial charge in [0.05, 0.1) is 0 Å². The summed E-state index contributed by atoms with van der Waals surface area (Å²) < 4.78 is 0. The number of hydrogen-bond acceptors (Lipinski definition) is 6. The predicted octanol–water partition coefficient (Wildman–Crippen LogP) is 0.642. The topological polar surface area (TPSA) is 73.3 Å². The van der Waals surface area contributed by atoms with E-state index in [0.29, 0.717) is 18.3 Å². The molecule has 6 heteroatoms. The Morgan fingerprint density at radius 2 is 2.28 bits per heavy atom. The van der Waals surface area contributed by atoms with Gasteiger partial charge in [-0.3, -0.25) is 5.32 Å². The summed E-state index contributed by atoms with van der Waals surface area (Å²) in [6.07, 6.45) is 2.70. The van der Waals surface area contributed by atoms with Gasteiger partial charge in [-0.25, -0.2) is 4.98 Å². The second kappa shape index (κ2) is 6.93. The van der Waals surface area contributed by atoms with E-state index in [2.05, 4.69) is 27.2 Å². The van der Waals surface area contributed by atoms with E-state index in [9.17, 15) is 5.11 Å². The van der Waals surface area contributed by atoms with Crippen molar-refractivity contribution >= 4 is 11.8 Å². The second-order valence-corrected chi connectivity index (χ2v) is 4.02. The van der Waals surface area contributed by atoms with Crippen LogP contribution in [-0.2, 0) is 0 Å². The summed E-state index contributed by atoms with van der Waals surface area (Å²) in [4.78, 5) is 10.1. The molecule has 6 nitrogen and oxygen atoms in total. The molecule has 0 bridgehead atoms. The minimum Gasteiger partial charge on any atom is -0.361 e. The number of rotatable bonds is 7. The van der Waals surface area contributed by atoms with Crippen molar-refractivity contribution in [3.63, 3.8) is 0 Å². The number of nitrogens with zero attached hydrogens (tertiary/aromatic N) is 3. The van der Waals surface area contributed by atoms with E-state index >= 15 is 0 Å². The van der Waals surface area contributed by atoms with E-state index in [-0.39, 0.29) is 5.92 Å². The minimum atomic E-state index is -0.799. The summed E-state index contributed by atoms with van der Waals surface area (Å²) in [6, 6.07) is 1.76. The number of anilines is 2. The molecule has 100 valence electrons. The van der Waals surface area contributed by atoms with Crippen molar-refractivity contribution in [2.75, 3.05) is 30.9 Å². The lowest BCUT2D eigenvalue weighted by atomic mass is 10.1. The van der Waals surface area contributed by atoms with Gasteiger partial charge in [-0.05, 0) is 19.0 Å². The largest absolute Gasteiger partial charge is 0.361 e. The van der Waals surface area contributed by atoms with Crippen LogP contribution in [0, 0.1) is 5.92 Å². The Hall–Kier alpha value is -1.66. The number of aliphatic hydroxyl groups excluding tert-OH is 1. The lowest BCUT2D eigenvalue weighted by molar-refractivity contribution is 0.138. The first-order valence-electron chi connectivity index (χ1n) is 5.87. The maximum atomic E-state index is 9.98. The highest BCUT2D eigenvalue weighted by Crippen LogP contribution is 2.15. The van der Waals surface area contributed by atoms with Crippen molar-refractivity contribution in [3.8, 4) is 0 Å². The van der Waals surface area contributed by atoms with Crippen molar-refractivity contribution in [3.05, 3.63) is 24.9 Å². The van der Waals surface area contributed by atoms with E-state index in [1.165, 1.54) is 0 Å². The predicted molar refractivity (Wildman–Crippen MR) is 73.4 cm³/mol. The first kappa shape index (κ1) is 14.4. The van der Waals surface area contributed by atoms with Crippen LogP contribution < -0.4 is 15.5 Å². The third kappa shape index (κ3) is 3.68. The van der Waals surface area contributed by atoms with Gasteiger partial charge >= 0.3 is 0 Å². The summed E-state index contributed by atoms with van der Waals surface area (Å²) >= 11 is 0. The van der Waals surface area contributed by atoms with Crippen LogP contribution in [0.2, 0.25) is 0 Å². The Balaban J connectivity index is 2.96. The molecule has 0 aliphatic heterocycles. The molecule has 0 saturated carbocycles. The van der Waals surface area contributed by atoms with Crippen LogP contribution in [0.5, 0.6) is 0 Å². The van der Waals surface area contributed by atoms with Crippen molar-refractivity contribution in [1.29, 1.82) is 0 Å². The van der Waals surface area contributed by atoms with Gasteiger partial charge in [0, 0.05) is 19.8 Å². The molecular formula is C12H21N5O. The maximum absolute atomic E-state index is 9.98. The smallest absolute Gasteiger partial charge is 0.224 e. The highest BCUT2D eigenvalue weighted by molar-refractivity contribution is 5.42. The summed E-state index contributed by atoms with van der Waals surface area (Å²) in [6.45, 7) is 6.40. The molecular weight excluding hydrogens is 230 g/mol. The molecule has 18 heavy (non-hydrogen) atoms. The third-order valence-electron chi connectivity index (χ3n) is 2.60. The van der Waals surface area contributed by atoms with Crippen LogP contribution in [0.3, 0.4) is 0 Å². The van der Waals surface area contributed by atoms with Crippen molar-refractivity contribution in [2.45, 2.75) is 13.3 Å². The van der Waals surface area contributed by atoms with Gasteiger partial charge in [0.1, 0.15) is 5.82 Å². The highest BCUT2D eigenvalue weighted by atomic mass is 16.3. The molecule has 1 rings (SSSR count). The lowest BCUT2D eigenvalue weighted by Crippen LogP contribution is -2.46. The van der Waals surface area contributed by atoms with E-state index in [0.717, 1.165) is 0 Å². The molecule has 0 amide bonds. The first-order chi connectivity index (χ1) is 8.62. The third-order valence-corrected chi connectivity index (χ3v) is 2.60. The Bertz CT molecular complexity index is 384. The summed E-state index contributed by atoms with van der Waals surface area (Å²) in [7, 11) is 3.45. The standard InChI is InChI=1S/C12H21N5O/c1-5-9(2)8-17(12(18)14-4)10-6-7-15-11(13-3)16-10/h5-7,9,12,14,18H,1,8H2,2-4H3,(H,13,15,16). The Labute approximate surface area is 108 Å². The Kier molecular flexibility index (Phi) is 5.54. The van der Waals surface area contributed by atoms with Crippen molar-refractivity contribution in [1.82, 2.24) is 15.3 Å². The summed E-state index contributed by atoms with van der Waals surface area (Å²) in [5.41, 5.74) is 0. The summed E-state index contributed by atoms with van der Waals surface area (Å²) in [5, 5.41) is 15.7. The van der Waals surface area contributed by atoms with Gasteiger partial charge in [0.15, 0.2) is 6.35 Å². The van der Waals surface area contributed by atoms with E-state index in [1.54, 1.807) is 31.3 Å². The zero-order valence-electron chi connectivity index (χ0n) is 11.1. The average molecular weight is 251 g/mol. The monoisotopic (exact) mass is 251 g/mol. The molecule has 2 atom stereocenters. The average Bonchev–Trinajstić information content (AvgIpc) is 2.43. The van der Waals surface area contributed by atoms with Gasteiger partial charge < -0.3 is 15.3 Å². The SMILES string of the molecule is C=CC(C)CN(c1ccnc(NC)n1)C(O)NC. The fourth-order valence-electron chi connectivity index (χ4n) is 1.49. The van der Waals surface area contributed by atoms with E-state index < -0.39 is 6.35 Å². The highest BCUT2D eigenvalue weighted by Gasteiger charge is 2.18. The molecule has 0 aliphatic rings.